The molecule has 0 radical (unpaired) electrons. The van der Waals surface area contributed by atoms with Crippen LogP contribution in [0.25, 0.3) is 0 Å². The average molecular weight is 278 g/mol. The number of hydrogen-bond acceptors (Lipinski definition) is 3. The highest BCUT2D eigenvalue weighted by atomic mass is 16.5. The Labute approximate surface area is 119 Å². The molecule has 1 aromatic carbocycles. The van der Waals surface area contributed by atoms with Gasteiger partial charge in [-0.1, -0.05) is 44.2 Å². The van der Waals surface area contributed by atoms with Crippen molar-refractivity contribution in [3.05, 3.63) is 35.9 Å². The van der Waals surface area contributed by atoms with Crippen LogP contribution in [0.3, 0.4) is 0 Å². The molecule has 3 N–H and O–H groups in total. The van der Waals surface area contributed by atoms with Crippen LogP contribution >= 0.6 is 0 Å². The van der Waals surface area contributed by atoms with Crippen molar-refractivity contribution in [2.45, 2.75) is 26.7 Å². The van der Waals surface area contributed by atoms with E-state index in [1.54, 1.807) is 5.48 Å². The number of nitrogens with one attached hydrogen (secondary N) is 2. The molecule has 0 saturated carbocycles. The van der Waals surface area contributed by atoms with E-state index in [1.807, 2.05) is 44.2 Å². The van der Waals surface area contributed by atoms with E-state index in [0.717, 1.165) is 5.56 Å². The predicted molar refractivity (Wildman–Crippen MR) is 76.0 cm³/mol. The molecule has 5 nitrogen and oxygen atoms in total. The first-order valence-corrected chi connectivity index (χ1v) is 6.80. The summed E-state index contributed by atoms with van der Waals surface area (Å²) in [4.78, 5) is 23.5. The SMILES string of the molecule is CC(C)CC(C(=O)NO)C(=O)NCCc1ccccc1. The maximum Gasteiger partial charge on any atom is 0.255 e. The molecule has 20 heavy (non-hydrogen) atoms. The molecule has 2 amide bonds. The van der Waals surface area contributed by atoms with Gasteiger partial charge in [-0.15, -0.1) is 0 Å². The number of carbonyl (C=O) groups excluding carboxylic acids is 2. The molecule has 0 aliphatic rings. The lowest BCUT2D eigenvalue weighted by Gasteiger charge is -2.16. The maximum absolute atomic E-state index is 12.0. The molecular formula is C15H22N2O3. The van der Waals surface area contributed by atoms with E-state index < -0.39 is 11.8 Å². The lowest BCUT2D eigenvalue weighted by atomic mass is 9.95. The fourth-order valence-corrected chi connectivity index (χ4v) is 1.98. The van der Waals surface area contributed by atoms with E-state index in [9.17, 15) is 9.59 Å². The Morgan fingerprint density at radius 1 is 1.15 bits per heavy atom. The van der Waals surface area contributed by atoms with Crippen LogP contribution in [0.2, 0.25) is 0 Å². The number of hydroxylamine groups is 1. The van der Waals surface area contributed by atoms with Gasteiger partial charge in [0.25, 0.3) is 5.91 Å². The van der Waals surface area contributed by atoms with Crippen molar-refractivity contribution in [1.29, 1.82) is 0 Å². The van der Waals surface area contributed by atoms with Crippen LogP contribution in [0.1, 0.15) is 25.8 Å². The minimum atomic E-state index is -0.851. The van der Waals surface area contributed by atoms with Crippen molar-refractivity contribution >= 4 is 11.8 Å². The van der Waals surface area contributed by atoms with Gasteiger partial charge in [-0.2, -0.15) is 0 Å². The first-order chi connectivity index (χ1) is 9.54. The quantitative estimate of drug-likeness (QED) is 0.402. The molecule has 5 heteroatoms. The molecule has 0 saturated heterocycles. The maximum atomic E-state index is 12.0. The monoisotopic (exact) mass is 278 g/mol. The fraction of sp³-hybridized carbons (Fsp3) is 0.467. The highest BCUT2D eigenvalue weighted by Gasteiger charge is 2.26. The van der Waals surface area contributed by atoms with Crippen molar-refractivity contribution in [3.8, 4) is 0 Å². The van der Waals surface area contributed by atoms with Gasteiger partial charge in [0.2, 0.25) is 5.91 Å². The molecule has 0 bridgehead atoms. The number of rotatable bonds is 7. The summed E-state index contributed by atoms with van der Waals surface area (Å²) in [6, 6.07) is 9.79. The Kier molecular flexibility index (Phi) is 6.73. The minimum Gasteiger partial charge on any atom is -0.355 e. The number of amides is 2. The van der Waals surface area contributed by atoms with Crippen molar-refractivity contribution < 1.29 is 14.8 Å². The predicted octanol–water partition coefficient (Wildman–Crippen LogP) is 1.51. The van der Waals surface area contributed by atoms with Crippen LogP contribution in [0.5, 0.6) is 0 Å². The van der Waals surface area contributed by atoms with E-state index in [1.165, 1.54) is 0 Å². The van der Waals surface area contributed by atoms with Crippen molar-refractivity contribution in [1.82, 2.24) is 10.8 Å². The van der Waals surface area contributed by atoms with Crippen LogP contribution in [0, 0.1) is 11.8 Å². The van der Waals surface area contributed by atoms with Crippen LogP contribution < -0.4 is 10.8 Å². The van der Waals surface area contributed by atoms with E-state index in [4.69, 9.17) is 5.21 Å². The number of carbonyl (C=O) groups is 2. The van der Waals surface area contributed by atoms with Gasteiger partial charge in [0.05, 0.1) is 0 Å². The lowest BCUT2D eigenvalue weighted by Crippen LogP contribution is -2.41. The van der Waals surface area contributed by atoms with Gasteiger partial charge in [0, 0.05) is 6.54 Å². The van der Waals surface area contributed by atoms with Crippen molar-refractivity contribution in [3.63, 3.8) is 0 Å². The van der Waals surface area contributed by atoms with Gasteiger partial charge in [-0.25, -0.2) is 5.48 Å². The Hall–Kier alpha value is -1.88. The van der Waals surface area contributed by atoms with Gasteiger partial charge in [0.1, 0.15) is 5.92 Å². The summed E-state index contributed by atoms with van der Waals surface area (Å²) in [5.74, 6) is -1.66. The van der Waals surface area contributed by atoms with Gasteiger partial charge >= 0.3 is 0 Å². The van der Waals surface area contributed by atoms with Crippen LogP contribution in [-0.4, -0.2) is 23.6 Å². The van der Waals surface area contributed by atoms with E-state index in [0.29, 0.717) is 19.4 Å². The Balaban J connectivity index is 2.47. The highest BCUT2D eigenvalue weighted by Crippen LogP contribution is 2.12. The molecule has 0 fully saturated rings. The third-order valence-electron chi connectivity index (χ3n) is 3.01. The smallest absolute Gasteiger partial charge is 0.255 e. The molecule has 0 heterocycles. The Morgan fingerprint density at radius 2 is 1.80 bits per heavy atom. The molecule has 0 spiro atoms. The van der Waals surface area contributed by atoms with Crippen molar-refractivity contribution in [2.24, 2.45) is 11.8 Å². The zero-order valence-electron chi connectivity index (χ0n) is 11.9. The second kappa shape index (κ2) is 8.32. The van der Waals surface area contributed by atoms with E-state index in [2.05, 4.69) is 5.32 Å². The zero-order chi connectivity index (χ0) is 15.0. The second-order valence-electron chi connectivity index (χ2n) is 5.18. The number of benzene rings is 1. The summed E-state index contributed by atoms with van der Waals surface area (Å²) in [5, 5.41) is 11.4. The summed E-state index contributed by atoms with van der Waals surface area (Å²) in [7, 11) is 0. The first-order valence-electron chi connectivity index (χ1n) is 6.80. The number of hydrogen-bond donors (Lipinski definition) is 3. The Bertz CT molecular complexity index is 432. The van der Waals surface area contributed by atoms with Gasteiger partial charge in [-0.05, 0) is 24.3 Å². The largest absolute Gasteiger partial charge is 0.355 e. The fourth-order valence-electron chi connectivity index (χ4n) is 1.98. The molecule has 1 aromatic rings. The lowest BCUT2D eigenvalue weighted by molar-refractivity contribution is -0.141. The second-order valence-corrected chi connectivity index (χ2v) is 5.18. The van der Waals surface area contributed by atoms with Crippen LogP contribution in [0.4, 0.5) is 0 Å². The summed E-state index contributed by atoms with van der Waals surface area (Å²) >= 11 is 0. The Morgan fingerprint density at radius 3 is 2.35 bits per heavy atom. The van der Waals surface area contributed by atoms with Gasteiger partial charge in [-0.3, -0.25) is 14.8 Å². The van der Waals surface area contributed by atoms with E-state index >= 15 is 0 Å². The molecule has 110 valence electrons. The normalized spacial score (nSPS) is 12.0. The van der Waals surface area contributed by atoms with E-state index in [-0.39, 0.29) is 11.8 Å². The molecule has 1 unspecified atom stereocenters. The summed E-state index contributed by atoms with van der Waals surface area (Å²) in [6.07, 6.45) is 1.12. The summed E-state index contributed by atoms with van der Waals surface area (Å²) in [5.41, 5.74) is 2.68. The van der Waals surface area contributed by atoms with Gasteiger partial charge < -0.3 is 5.32 Å². The highest BCUT2D eigenvalue weighted by molar-refractivity contribution is 5.99. The molecule has 0 aliphatic heterocycles. The summed E-state index contributed by atoms with van der Waals surface area (Å²) < 4.78 is 0. The topological polar surface area (TPSA) is 78.4 Å². The van der Waals surface area contributed by atoms with Crippen molar-refractivity contribution in [2.75, 3.05) is 6.54 Å². The minimum absolute atomic E-state index is 0.192. The standard InChI is InChI=1S/C15H22N2O3/c1-11(2)10-13(15(19)17-20)14(18)16-9-8-12-6-4-3-5-7-12/h3-7,11,13,20H,8-10H2,1-2H3,(H,16,18)(H,17,19). The van der Waals surface area contributed by atoms with Crippen LogP contribution in [0.15, 0.2) is 30.3 Å². The summed E-state index contributed by atoms with van der Waals surface area (Å²) in [6.45, 7) is 4.32. The molecule has 0 aromatic heterocycles. The third kappa shape index (κ3) is 5.40. The third-order valence-corrected chi connectivity index (χ3v) is 3.01. The average Bonchev–Trinajstić information content (AvgIpc) is 2.44. The molecule has 1 rings (SSSR count). The molecular weight excluding hydrogens is 256 g/mol. The first kappa shape index (κ1) is 16.2. The zero-order valence-corrected chi connectivity index (χ0v) is 11.9. The molecule has 0 aliphatic carbocycles. The van der Waals surface area contributed by atoms with Crippen LogP contribution in [-0.2, 0) is 16.0 Å². The molecule has 1 atom stereocenters. The van der Waals surface area contributed by atoms with Gasteiger partial charge in [0.15, 0.2) is 0 Å².